The van der Waals surface area contributed by atoms with E-state index in [1.807, 2.05) is 45.1 Å². The summed E-state index contributed by atoms with van der Waals surface area (Å²) in [5.74, 6) is -3.63. The lowest BCUT2D eigenvalue weighted by atomic mass is 9.77. The van der Waals surface area contributed by atoms with Gasteiger partial charge in [-0.3, -0.25) is 9.59 Å². The van der Waals surface area contributed by atoms with Crippen LogP contribution in [0.4, 0.5) is 0 Å². The number of methoxy groups -OCH3 is 3. The number of carbonyl (C=O) groups is 2. The van der Waals surface area contributed by atoms with Crippen LogP contribution in [0, 0.1) is 23.2 Å². The minimum atomic E-state index is -2.07. The average Bonchev–Trinajstić information content (AvgIpc) is 3.48. The third-order valence-electron chi connectivity index (χ3n) is 12.3. The van der Waals surface area contributed by atoms with Crippen LogP contribution in [0.1, 0.15) is 74.1 Å². The van der Waals surface area contributed by atoms with Gasteiger partial charge in [-0.1, -0.05) is 71.9 Å². The molecule has 3 N–H and O–H groups in total. The maximum absolute atomic E-state index is 14.0. The number of aliphatic hydroxyl groups excluding tert-OH is 2. The number of carbonyl (C=O) groups excluding carboxylic acids is 2. The topological polar surface area (TPSA) is 187 Å². The van der Waals surface area contributed by atoms with Crippen LogP contribution in [-0.2, 0) is 57.0 Å². The van der Waals surface area contributed by atoms with Crippen LogP contribution in [0.15, 0.2) is 36.5 Å². The molecule has 0 saturated carbocycles. The second-order valence-electron chi connectivity index (χ2n) is 17.1. The summed E-state index contributed by atoms with van der Waals surface area (Å²) in [7, 11) is 4.34. The molecule has 5 saturated heterocycles. The van der Waals surface area contributed by atoms with E-state index in [2.05, 4.69) is 19.9 Å². The molecule has 0 aromatic carbocycles. The molecule has 324 valence electrons. The van der Waals surface area contributed by atoms with E-state index in [-0.39, 0.29) is 25.9 Å². The monoisotopic (exact) mass is 810 g/mol. The zero-order valence-corrected chi connectivity index (χ0v) is 35.1. The van der Waals surface area contributed by atoms with Gasteiger partial charge in [0.25, 0.3) is 0 Å². The predicted molar refractivity (Wildman–Crippen MR) is 204 cm³/mol. The molecule has 5 fully saturated rings. The van der Waals surface area contributed by atoms with E-state index in [4.69, 9.17) is 47.4 Å². The Hall–Kier alpha value is -2.12. The summed E-state index contributed by atoms with van der Waals surface area (Å²) in [5.41, 5.74) is -0.820. The van der Waals surface area contributed by atoms with Crippen molar-refractivity contribution in [2.45, 2.75) is 166 Å². The van der Waals surface area contributed by atoms with Gasteiger partial charge in [0.1, 0.15) is 42.7 Å². The van der Waals surface area contributed by atoms with E-state index in [1.165, 1.54) is 21.3 Å². The lowest BCUT2D eigenvalue weighted by Crippen LogP contribution is -2.63. The fraction of sp³-hybridized carbons (Fsp3) is 0.810. The first-order valence-corrected chi connectivity index (χ1v) is 20.3. The molecular weight excluding hydrogens is 744 g/mol. The number of rotatable bonds is 11. The van der Waals surface area contributed by atoms with Crippen molar-refractivity contribution in [2.75, 3.05) is 27.9 Å². The van der Waals surface area contributed by atoms with Crippen molar-refractivity contribution >= 4 is 11.8 Å². The molecule has 0 radical (unpaired) electrons. The Kier molecular flexibility index (Phi) is 15.7. The van der Waals surface area contributed by atoms with E-state index in [0.29, 0.717) is 12.3 Å². The van der Waals surface area contributed by atoms with Crippen LogP contribution in [0.2, 0.25) is 0 Å². The Bertz CT molecular complexity index is 1430. The normalized spacial score (nSPS) is 44.7. The molecule has 15 nitrogen and oxygen atoms in total. The van der Waals surface area contributed by atoms with Crippen molar-refractivity contribution in [3.63, 3.8) is 0 Å². The number of esters is 1. The minimum Gasteiger partial charge on any atom is -0.457 e. The van der Waals surface area contributed by atoms with Crippen LogP contribution in [-0.4, -0.2) is 147 Å². The number of hydrogen-bond acceptors (Lipinski definition) is 15. The molecular formula is C42H66O15. The Balaban J connectivity index is 1.38. The van der Waals surface area contributed by atoms with Gasteiger partial charge >= 0.3 is 5.97 Å². The van der Waals surface area contributed by atoms with E-state index in [1.54, 1.807) is 19.9 Å². The molecule has 17 unspecified atom stereocenters. The number of fused-ring (bicyclic) bond motifs is 4. The van der Waals surface area contributed by atoms with E-state index < -0.39 is 121 Å². The Morgan fingerprint density at radius 3 is 2.16 bits per heavy atom. The summed E-state index contributed by atoms with van der Waals surface area (Å²) in [5, 5.41) is 33.6. The Morgan fingerprint density at radius 1 is 0.825 bits per heavy atom. The largest absolute Gasteiger partial charge is 0.457 e. The van der Waals surface area contributed by atoms with Crippen LogP contribution >= 0.6 is 0 Å². The van der Waals surface area contributed by atoms with Gasteiger partial charge in [0.2, 0.25) is 5.79 Å². The van der Waals surface area contributed by atoms with Gasteiger partial charge in [-0.25, -0.2) is 0 Å². The van der Waals surface area contributed by atoms with E-state index in [9.17, 15) is 24.9 Å². The summed E-state index contributed by atoms with van der Waals surface area (Å²) >= 11 is 0. The molecule has 0 amide bonds. The Morgan fingerprint density at radius 2 is 1.49 bits per heavy atom. The first-order valence-electron chi connectivity index (χ1n) is 20.3. The highest BCUT2D eigenvalue weighted by Crippen LogP contribution is 2.46. The highest BCUT2D eigenvalue weighted by molar-refractivity contribution is 5.86. The van der Waals surface area contributed by atoms with Crippen molar-refractivity contribution in [1.82, 2.24) is 0 Å². The SMILES string of the molecule is COC1C(OC2CC3CC(=O)C4(O)OC(CC4C)C(C)(C)C(C=CC=CC=CC(C)C)OC(=O)CC(O3)C2C)OCC(O)C1OC1OC(C)C(O)C(OC)C1OC. The number of ether oxygens (including phenoxy) is 10. The fourth-order valence-corrected chi connectivity index (χ4v) is 8.48. The number of aliphatic hydroxyl groups is 3. The lowest BCUT2D eigenvalue weighted by molar-refractivity contribution is -0.357. The van der Waals surface area contributed by atoms with Gasteiger partial charge in [0.05, 0.1) is 43.5 Å². The third kappa shape index (κ3) is 10.3. The molecule has 0 aliphatic carbocycles. The van der Waals surface area contributed by atoms with E-state index in [0.717, 1.165) is 0 Å². The summed E-state index contributed by atoms with van der Waals surface area (Å²) in [6, 6.07) is 0. The standard InChI is InChI=1S/C42H66O15/c1-22(2)15-13-11-12-14-16-31-41(6,7)32-17-23(3)42(47,57-32)30(44)19-26-18-28(24(4)29(53-26)20-33(45)55-31)54-39-37(49-9)35(27(43)21-51-39)56-40-38(50-10)36(48-8)34(46)25(5)52-40/h11-16,22-29,31-32,34-40,43,46-47H,17-21H2,1-10H3. The Labute approximate surface area is 336 Å². The zero-order valence-electron chi connectivity index (χ0n) is 35.1. The molecule has 4 bridgehead atoms. The van der Waals surface area contributed by atoms with Crippen molar-refractivity contribution in [2.24, 2.45) is 23.2 Å². The second kappa shape index (κ2) is 19.5. The zero-order chi connectivity index (χ0) is 41.8. The predicted octanol–water partition coefficient (Wildman–Crippen LogP) is 3.16. The first kappa shape index (κ1) is 46.0. The van der Waals surface area contributed by atoms with Crippen molar-refractivity contribution in [1.29, 1.82) is 0 Å². The number of hydrogen-bond donors (Lipinski definition) is 3. The van der Waals surface area contributed by atoms with Crippen LogP contribution in [0.25, 0.3) is 0 Å². The van der Waals surface area contributed by atoms with Gasteiger partial charge in [-0.2, -0.15) is 0 Å². The molecule has 5 aliphatic heterocycles. The quantitative estimate of drug-likeness (QED) is 0.204. The van der Waals surface area contributed by atoms with Gasteiger partial charge in [0, 0.05) is 51.4 Å². The lowest BCUT2D eigenvalue weighted by Gasteiger charge is -2.47. The van der Waals surface area contributed by atoms with Crippen LogP contribution in [0.5, 0.6) is 0 Å². The first-order chi connectivity index (χ1) is 26.9. The molecule has 0 aromatic rings. The molecule has 0 spiro atoms. The summed E-state index contributed by atoms with van der Waals surface area (Å²) in [6.07, 6.45) is -0.308. The van der Waals surface area contributed by atoms with Crippen molar-refractivity contribution in [3.05, 3.63) is 36.5 Å². The average molecular weight is 811 g/mol. The fourth-order valence-electron chi connectivity index (χ4n) is 8.48. The number of cyclic esters (lactones) is 1. The van der Waals surface area contributed by atoms with Gasteiger partial charge < -0.3 is 62.7 Å². The van der Waals surface area contributed by atoms with Crippen molar-refractivity contribution in [3.8, 4) is 0 Å². The molecule has 57 heavy (non-hydrogen) atoms. The third-order valence-corrected chi connectivity index (χ3v) is 12.3. The maximum atomic E-state index is 14.0. The smallest absolute Gasteiger partial charge is 0.309 e. The minimum absolute atomic E-state index is 0.128. The van der Waals surface area contributed by atoms with E-state index >= 15 is 0 Å². The number of Topliss-reactive ketones (excluding diaryl/α,β-unsaturated/α-hetero) is 1. The van der Waals surface area contributed by atoms with Gasteiger partial charge in [-0.05, 0) is 25.3 Å². The summed E-state index contributed by atoms with van der Waals surface area (Å²) < 4.78 is 60.8. The highest BCUT2D eigenvalue weighted by atomic mass is 16.7. The number of allylic oxidation sites excluding steroid dienone is 5. The molecule has 5 rings (SSSR count). The van der Waals surface area contributed by atoms with Crippen molar-refractivity contribution < 1.29 is 72.3 Å². The molecule has 17 atom stereocenters. The maximum Gasteiger partial charge on any atom is 0.309 e. The molecule has 0 aromatic heterocycles. The van der Waals surface area contributed by atoms with Gasteiger partial charge in [-0.15, -0.1) is 0 Å². The van der Waals surface area contributed by atoms with Crippen LogP contribution < -0.4 is 0 Å². The second-order valence-corrected chi connectivity index (χ2v) is 17.1. The highest BCUT2D eigenvalue weighted by Gasteiger charge is 2.57. The van der Waals surface area contributed by atoms with Gasteiger partial charge in [0.15, 0.2) is 18.4 Å². The summed E-state index contributed by atoms with van der Waals surface area (Å²) in [6.45, 7) is 13.2. The summed E-state index contributed by atoms with van der Waals surface area (Å²) in [4.78, 5) is 27.8. The van der Waals surface area contributed by atoms with Crippen LogP contribution in [0.3, 0.4) is 0 Å². The molecule has 5 aliphatic rings. The molecule has 5 heterocycles. The number of ketones is 1. The molecule has 15 heteroatoms.